The van der Waals surface area contributed by atoms with E-state index in [9.17, 15) is 4.79 Å². The number of rotatable bonds is 3. The highest BCUT2D eigenvalue weighted by molar-refractivity contribution is 5.92. The van der Waals surface area contributed by atoms with Gasteiger partial charge in [-0.2, -0.15) is 0 Å². The van der Waals surface area contributed by atoms with Crippen LogP contribution in [0.4, 0.5) is 5.82 Å². The van der Waals surface area contributed by atoms with Crippen molar-refractivity contribution in [2.45, 2.75) is 33.2 Å². The number of hydrogen-bond acceptors (Lipinski definition) is 4. The highest BCUT2D eigenvalue weighted by atomic mass is 16.1. The molecule has 0 atom stereocenters. The van der Waals surface area contributed by atoms with E-state index in [2.05, 4.69) is 28.6 Å². The van der Waals surface area contributed by atoms with Gasteiger partial charge in [0.25, 0.3) is 0 Å². The SMILES string of the molecule is CC(=O)c1cccc(N2CCCN(C(C)C)CC2)n1. The third-order valence-corrected chi connectivity index (χ3v) is 3.68. The Morgan fingerprint density at radius 3 is 2.68 bits per heavy atom. The van der Waals surface area contributed by atoms with Crippen LogP contribution in [-0.4, -0.2) is 47.9 Å². The molecule has 0 aromatic carbocycles. The number of ketones is 1. The Labute approximate surface area is 115 Å². The second-order valence-corrected chi connectivity index (χ2v) is 5.41. The van der Waals surface area contributed by atoms with Crippen molar-refractivity contribution in [1.29, 1.82) is 0 Å². The Hall–Kier alpha value is -1.42. The molecule has 19 heavy (non-hydrogen) atoms. The van der Waals surface area contributed by atoms with Gasteiger partial charge in [0.1, 0.15) is 11.5 Å². The van der Waals surface area contributed by atoms with Gasteiger partial charge in [0.2, 0.25) is 0 Å². The standard InChI is InChI=1S/C15H23N3O/c1-12(2)17-8-5-9-18(11-10-17)15-7-4-6-14(16-15)13(3)19/h4,6-7,12H,5,8-11H2,1-3H3. The van der Waals surface area contributed by atoms with E-state index in [0.29, 0.717) is 11.7 Å². The molecule has 4 nitrogen and oxygen atoms in total. The van der Waals surface area contributed by atoms with Crippen molar-refractivity contribution in [3.8, 4) is 0 Å². The molecule has 0 saturated carbocycles. The summed E-state index contributed by atoms with van der Waals surface area (Å²) < 4.78 is 0. The van der Waals surface area contributed by atoms with Crippen LogP contribution in [0.2, 0.25) is 0 Å². The second kappa shape index (κ2) is 6.15. The topological polar surface area (TPSA) is 36.4 Å². The summed E-state index contributed by atoms with van der Waals surface area (Å²) in [6.07, 6.45) is 1.14. The van der Waals surface area contributed by atoms with Crippen LogP contribution >= 0.6 is 0 Å². The van der Waals surface area contributed by atoms with Gasteiger partial charge in [-0.25, -0.2) is 4.98 Å². The first-order chi connectivity index (χ1) is 9.08. The Balaban J connectivity index is 2.09. The molecule has 0 bridgehead atoms. The van der Waals surface area contributed by atoms with Crippen LogP contribution < -0.4 is 4.90 Å². The summed E-state index contributed by atoms with van der Waals surface area (Å²) in [5.41, 5.74) is 0.558. The summed E-state index contributed by atoms with van der Waals surface area (Å²) in [5, 5.41) is 0. The van der Waals surface area contributed by atoms with Gasteiger partial charge in [0.15, 0.2) is 5.78 Å². The zero-order chi connectivity index (χ0) is 13.8. The number of anilines is 1. The van der Waals surface area contributed by atoms with E-state index >= 15 is 0 Å². The molecular weight excluding hydrogens is 238 g/mol. The van der Waals surface area contributed by atoms with E-state index in [-0.39, 0.29) is 5.78 Å². The molecule has 1 aliphatic rings. The van der Waals surface area contributed by atoms with Gasteiger partial charge in [-0.3, -0.25) is 9.69 Å². The van der Waals surface area contributed by atoms with Crippen LogP contribution in [0.5, 0.6) is 0 Å². The summed E-state index contributed by atoms with van der Waals surface area (Å²) in [4.78, 5) is 20.6. The first kappa shape index (κ1) is 14.0. The molecule has 2 rings (SSSR count). The van der Waals surface area contributed by atoms with Crippen LogP contribution in [0.25, 0.3) is 0 Å². The minimum atomic E-state index is 0.0282. The minimum Gasteiger partial charge on any atom is -0.355 e. The number of carbonyl (C=O) groups is 1. The molecule has 1 saturated heterocycles. The predicted octanol–water partition coefficient (Wildman–Crippen LogP) is 2.20. The largest absolute Gasteiger partial charge is 0.355 e. The van der Waals surface area contributed by atoms with Gasteiger partial charge in [0.05, 0.1) is 0 Å². The third-order valence-electron chi connectivity index (χ3n) is 3.68. The molecule has 0 amide bonds. The average Bonchev–Trinajstić information content (AvgIpc) is 2.64. The fraction of sp³-hybridized carbons (Fsp3) is 0.600. The smallest absolute Gasteiger partial charge is 0.178 e. The van der Waals surface area contributed by atoms with Crippen molar-refractivity contribution < 1.29 is 4.79 Å². The third kappa shape index (κ3) is 3.53. The van der Waals surface area contributed by atoms with Crippen molar-refractivity contribution in [3.63, 3.8) is 0 Å². The summed E-state index contributed by atoms with van der Waals surface area (Å²) >= 11 is 0. The van der Waals surface area contributed by atoms with Gasteiger partial charge in [0, 0.05) is 39.1 Å². The molecule has 2 heterocycles. The number of hydrogen-bond donors (Lipinski definition) is 0. The monoisotopic (exact) mass is 261 g/mol. The summed E-state index contributed by atoms with van der Waals surface area (Å²) in [6, 6.07) is 6.29. The Morgan fingerprint density at radius 2 is 2.00 bits per heavy atom. The Kier molecular flexibility index (Phi) is 4.53. The zero-order valence-electron chi connectivity index (χ0n) is 12.1. The molecular formula is C15H23N3O. The van der Waals surface area contributed by atoms with Crippen LogP contribution in [-0.2, 0) is 0 Å². The lowest BCUT2D eigenvalue weighted by Gasteiger charge is -2.25. The highest BCUT2D eigenvalue weighted by Gasteiger charge is 2.18. The first-order valence-corrected chi connectivity index (χ1v) is 7.05. The van der Waals surface area contributed by atoms with E-state index in [1.807, 2.05) is 12.1 Å². The summed E-state index contributed by atoms with van der Waals surface area (Å²) in [7, 11) is 0. The number of Topliss-reactive ketones (excluding diaryl/α,β-unsaturated/α-hetero) is 1. The fourth-order valence-electron chi connectivity index (χ4n) is 2.48. The molecule has 0 radical (unpaired) electrons. The molecule has 4 heteroatoms. The molecule has 0 unspecified atom stereocenters. The van der Waals surface area contributed by atoms with Gasteiger partial charge < -0.3 is 4.90 Å². The normalized spacial score (nSPS) is 17.6. The van der Waals surface area contributed by atoms with Crippen molar-refractivity contribution in [2.24, 2.45) is 0 Å². The van der Waals surface area contributed by atoms with Crippen molar-refractivity contribution in [1.82, 2.24) is 9.88 Å². The highest BCUT2D eigenvalue weighted by Crippen LogP contribution is 2.15. The van der Waals surface area contributed by atoms with Crippen molar-refractivity contribution >= 4 is 11.6 Å². The summed E-state index contributed by atoms with van der Waals surface area (Å²) in [5.74, 6) is 0.957. The van der Waals surface area contributed by atoms with Crippen molar-refractivity contribution in [3.05, 3.63) is 23.9 Å². The molecule has 1 aliphatic heterocycles. The number of pyridine rings is 1. The van der Waals surface area contributed by atoms with Crippen LogP contribution in [0.15, 0.2) is 18.2 Å². The average molecular weight is 261 g/mol. The minimum absolute atomic E-state index is 0.0282. The summed E-state index contributed by atoms with van der Waals surface area (Å²) in [6.45, 7) is 10.2. The van der Waals surface area contributed by atoms with Gasteiger partial charge in [-0.1, -0.05) is 6.07 Å². The zero-order valence-corrected chi connectivity index (χ0v) is 12.1. The molecule has 1 fully saturated rings. The number of nitrogens with zero attached hydrogens (tertiary/aromatic N) is 3. The predicted molar refractivity (Wildman–Crippen MR) is 77.8 cm³/mol. The van der Waals surface area contributed by atoms with Gasteiger partial charge in [-0.05, 0) is 32.4 Å². The van der Waals surface area contributed by atoms with Crippen LogP contribution in [0.3, 0.4) is 0 Å². The van der Waals surface area contributed by atoms with Gasteiger partial charge in [-0.15, -0.1) is 0 Å². The maximum Gasteiger partial charge on any atom is 0.178 e. The molecule has 0 spiro atoms. The van der Waals surface area contributed by atoms with Crippen LogP contribution in [0, 0.1) is 0 Å². The molecule has 104 valence electrons. The quantitative estimate of drug-likeness (QED) is 0.782. The molecule has 0 aliphatic carbocycles. The maximum absolute atomic E-state index is 11.4. The Morgan fingerprint density at radius 1 is 1.21 bits per heavy atom. The number of aromatic nitrogens is 1. The molecule has 0 N–H and O–H groups in total. The van der Waals surface area contributed by atoms with E-state index in [4.69, 9.17) is 0 Å². The second-order valence-electron chi connectivity index (χ2n) is 5.41. The lowest BCUT2D eigenvalue weighted by Crippen LogP contribution is -2.35. The van der Waals surface area contributed by atoms with Gasteiger partial charge >= 0.3 is 0 Å². The first-order valence-electron chi connectivity index (χ1n) is 7.05. The molecule has 1 aromatic rings. The Bertz CT molecular complexity index is 445. The lowest BCUT2D eigenvalue weighted by molar-refractivity contribution is 0.101. The fourth-order valence-corrected chi connectivity index (χ4v) is 2.48. The van der Waals surface area contributed by atoms with Crippen LogP contribution in [0.1, 0.15) is 37.7 Å². The van der Waals surface area contributed by atoms with E-state index in [1.165, 1.54) is 0 Å². The molecule has 1 aromatic heterocycles. The number of carbonyl (C=O) groups excluding carboxylic acids is 1. The van der Waals surface area contributed by atoms with Crippen molar-refractivity contribution in [2.75, 3.05) is 31.1 Å². The maximum atomic E-state index is 11.4. The van der Waals surface area contributed by atoms with E-state index < -0.39 is 0 Å². The van der Waals surface area contributed by atoms with E-state index in [1.54, 1.807) is 13.0 Å². The van der Waals surface area contributed by atoms with E-state index in [0.717, 1.165) is 38.4 Å². The lowest BCUT2D eigenvalue weighted by atomic mass is 10.2.